The van der Waals surface area contributed by atoms with Crippen molar-refractivity contribution in [1.29, 1.82) is 0 Å². The average molecular weight is 292 g/mol. The van der Waals surface area contributed by atoms with Crippen LogP contribution in [0.1, 0.15) is 16.6 Å². The number of amides is 1. The smallest absolute Gasteiger partial charge is 0.233 e. The average Bonchev–Trinajstić information content (AvgIpc) is 3.01. The highest BCUT2D eigenvalue weighted by molar-refractivity contribution is 8.00. The summed E-state index contributed by atoms with van der Waals surface area (Å²) >= 11 is 1.52. The molecular weight excluding hydrogens is 279 g/mol. The molecule has 5 nitrogen and oxygen atoms in total. The Morgan fingerprint density at radius 3 is 2.95 bits per heavy atom. The summed E-state index contributed by atoms with van der Waals surface area (Å²) in [4.78, 5) is 13.2. The highest BCUT2D eigenvalue weighted by atomic mass is 32.2. The highest BCUT2D eigenvalue weighted by Crippen LogP contribution is 2.35. The molecule has 1 fully saturated rings. The lowest BCUT2D eigenvalue weighted by molar-refractivity contribution is -0.126. The monoisotopic (exact) mass is 292 g/mol. The summed E-state index contributed by atoms with van der Waals surface area (Å²) in [6.45, 7) is 0.328. The first-order chi connectivity index (χ1) is 9.65. The van der Waals surface area contributed by atoms with Crippen molar-refractivity contribution in [1.82, 2.24) is 19.9 Å². The molecule has 1 unspecified atom stereocenters. The lowest BCUT2D eigenvalue weighted by Gasteiger charge is -2.15. The molecule has 0 aliphatic carbocycles. The fourth-order valence-electron chi connectivity index (χ4n) is 2.08. The third kappa shape index (κ3) is 2.40. The van der Waals surface area contributed by atoms with Gasteiger partial charge in [-0.25, -0.2) is 9.07 Å². The van der Waals surface area contributed by atoms with E-state index >= 15 is 0 Å². The molecule has 1 amide bonds. The molecule has 1 aromatic carbocycles. The zero-order valence-corrected chi connectivity index (χ0v) is 11.7. The molecule has 1 atom stereocenters. The van der Waals surface area contributed by atoms with Gasteiger partial charge in [0.05, 0.1) is 18.5 Å². The number of thioether (sulfide) groups is 1. The molecule has 0 saturated carbocycles. The van der Waals surface area contributed by atoms with Crippen LogP contribution in [0.25, 0.3) is 0 Å². The molecule has 3 rings (SSSR count). The first-order valence-corrected chi connectivity index (χ1v) is 7.21. The Hall–Kier alpha value is -1.89. The maximum atomic E-state index is 13.6. The summed E-state index contributed by atoms with van der Waals surface area (Å²) in [5.74, 6) is 0.289. The molecule has 2 heterocycles. The molecular formula is C13H13FN4OS. The molecule has 1 saturated heterocycles. The summed E-state index contributed by atoms with van der Waals surface area (Å²) < 4.78 is 15.2. The van der Waals surface area contributed by atoms with Crippen LogP contribution in [0, 0.1) is 5.82 Å². The van der Waals surface area contributed by atoms with E-state index in [0.29, 0.717) is 17.9 Å². The van der Waals surface area contributed by atoms with Gasteiger partial charge in [-0.1, -0.05) is 23.4 Å². The predicted octanol–water partition coefficient (Wildman–Crippen LogP) is 1.67. The summed E-state index contributed by atoms with van der Waals surface area (Å²) in [5.41, 5.74) is 1.28. The molecule has 0 spiro atoms. The number of carbonyl (C=O) groups is 1. The zero-order chi connectivity index (χ0) is 14.1. The minimum absolute atomic E-state index is 0.0867. The van der Waals surface area contributed by atoms with Crippen molar-refractivity contribution in [2.75, 3.05) is 12.8 Å². The van der Waals surface area contributed by atoms with Gasteiger partial charge >= 0.3 is 0 Å². The minimum atomic E-state index is -0.257. The van der Waals surface area contributed by atoms with Gasteiger partial charge < -0.3 is 4.90 Å². The molecule has 0 N–H and O–H groups in total. The summed E-state index contributed by atoms with van der Waals surface area (Å²) in [7, 11) is 1.75. The number of nitrogens with zero attached hydrogens (tertiary/aromatic N) is 4. The molecule has 20 heavy (non-hydrogen) atoms. The fraction of sp³-hybridized carbons (Fsp3) is 0.308. The Morgan fingerprint density at radius 1 is 1.45 bits per heavy atom. The molecule has 1 aliphatic rings. The second-order valence-electron chi connectivity index (χ2n) is 4.60. The quantitative estimate of drug-likeness (QED) is 0.863. The maximum Gasteiger partial charge on any atom is 0.233 e. The van der Waals surface area contributed by atoms with E-state index < -0.39 is 0 Å². The van der Waals surface area contributed by atoms with Crippen molar-refractivity contribution in [2.24, 2.45) is 0 Å². The van der Waals surface area contributed by atoms with Gasteiger partial charge in [0.2, 0.25) is 5.91 Å². The molecule has 1 aromatic heterocycles. The lowest BCUT2D eigenvalue weighted by Crippen LogP contribution is -2.23. The van der Waals surface area contributed by atoms with Crippen LogP contribution in [0.15, 0.2) is 30.5 Å². The van der Waals surface area contributed by atoms with Gasteiger partial charge in [-0.15, -0.1) is 16.9 Å². The second-order valence-corrected chi connectivity index (χ2v) is 5.67. The van der Waals surface area contributed by atoms with Gasteiger partial charge in [-0.2, -0.15) is 0 Å². The topological polar surface area (TPSA) is 51.0 Å². The SMILES string of the molecule is CN1C(=O)CSC1c1cn(Cc2ccccc2F)nn1. The molecule has 0 radical (unpaired) electrons. The number of carbonyl (C=O) groups excluding carboxylic acids is 1. The fourth-order valence-corrected chi connectivity index (χ4v) is 3.21. The van der Waals surface area contributed by atoms with Crippen molar-refractivity contribution in [2.45, 2.75) is 11.9 Å². The van der Waals surface area contributed by atoms with Gasteiger partial charge in [-0.3, -0.25) is 4.79 Å². The van der Waals surface area contributed by atoms with Crippen LogP contribution in [0.2, 0.25) is 0 Å². The normalized spacial score (nSPS) is 18.8. The minimum Gasteiger partial charge on any atom is -0.327 e. The van der Waals surface area contributed by atoms with Gasteiger partial charge in [0.1, 0.15) is 16.9 Å². The van der Waals surface area contributed by atoms with Crippen LogP contribution in [0.4, 0.5) is 4.39 Å². The largest absolute Gasteiger partial charge is 0.327 e. The first kappa shape index (κ1) is 13.1. The molecule has 2 aromatic rings. The first-order valence-electron chi connectivity index (χ1n) is 6.16. The summed E-state index contributed by atoms with van der Waals surface area (Å²) in [5, 5.41) is 7.99. The molecule has 1 aliphatic heterocycles. The van der Waals surface area contributed by atoms with Crippen molar-refractivity contribution in [3.05, 3.63) is 47.5 Å². The highest BCUT2D eigenvalue weighted by Gasteiger charge is 2.31. The molecule has 7 heteroatoms. The molecule has 104 valence electrons. The van der Waals surface area contributed by atoms with Crippen LogP contribution in [0.3, 0.4) is 0 Å². The third-order valence-electron chi connectivity index (χ3n) is 3.21. The van der Waals surface area contributed by atoms with E-state index in [1.807, 2.05) is 0 Å². The maximum absolute atomic E-state index is 13.6. The van der Waals surface area contributed by atoms with E-state index in [9.17, 15) is 9.18 Å². The van der Waals surface area contributed by atoms with Crippen LogP contribution < -0.4 is 0 Å². The predicted molar refractivity (Wildman–Crippen MR) is 73.5 cm³/mol. The summed E-state index contributed by atoms with van der Waals surface area (Å²) in [6.07, 6.45) is 1.76. The number of hydrogen-bond donors (Lipinski definition) is 0. The van der Waals surface area contributed by atoms with Crippen LogP contribution in [-0.4, -0.2) is 38.6 Å². The van der Waals surface area contributed by atoms with Crippen molar-refractivity contribution >= 4 is 17.7 Å². The Labute approximate surface area is 119 Å². The van der Waals surface area contributed by atoms with Crippen molar-refractivity contribution < 1.29 is 9.18 Å². The Balaban J connectivity index is 1.78. The van der Waals surface area contributed by atoms with Crippen LogP contribution in [-0.2, 0) is 11.3 Å². The van der Waals surface area contributed by atoms with E-state index in [1.165, 1.54) is 17.8 Å². The molecule has 0 bridgehead atoms. The third-order valence-corrected chi connectivity index (χ3v) is 4.50. The number of aromatic nitrogens is 3. The Morgan fingerprint density at radius 2 is 2.25 bits per heavy atom. The number of hydrogen-bond acceptors (Lipinski definition) is 4. The standard InChI is InChI=1S/C13H13FN4OS/c1-17-12(19)8-20-13(17)11-7-18(16-15-11)6-9-4-2-3-5-10(9)14/h2-5,7,13H,6,8H2,1H3. The van der Waals surface area contributed by atoms with Gasteiger partial charge in [0.15, 0.2) is 0 Å². The van der Waals surface area contributed by atoms with Gasteiger partial charge in [0.25, 0.3) is 0 Å². The Kier molecular flexibility index (Phi) is 3.43. The van der Waals surface area contributed by atoms with Gasteiger partial charge in [0, 0.05) is 12.6 Å². The number of rotatable bonds is 3. The van der Waals surface area contributed by atoms with Gasteiger partial charge in [-0.05, 0) is 6.07 Å². The van der Waals surface area contributed by atoms with Crippen molar-refractivity contribution in [3.8, 4) is 0 Å². The van der Waals surface area contributed by atoms with Crippen molar-refractivity contribution in [3.63, 3.8) is 0 Å². The lowest BCUT2D eigenvalue weighted by atomic mass is 10.2. The van der Waals surface area contributed by atoms with E-state index in [4.69, 9.17) is 0 Å². The second kappa shape index (κ2) is 5.24. The van der Waals surface area contributed by atoms with Crippen LogP contribution in [0.5, 0.6) is 0 Å². The van der Waals surface area contributed by atoms with E-state index in [0.717, 1.165) is 5.69 Å². The van der Waals surface area contributed by atoms with E-state index in [-0.39, 0.29) is 17.1 Å². The summed E-state index contributed by atoms with van der Waals surface area (Å²) in [6, 6.07) is 6.58. The van der Waals surface area contributed by atoms with E-state index in [1.54, 1.807) is 41.0 Å². The Bertz CT molecular complexity index is 645. The number of halogens is 1. The van der Waals surface area contributed by atoms with E-state index in [2.05, 4.69) is 10.3 Å². The number of benzene rings is 1. The zero-order valence-electron chi connectivity index (χ0n) is 10.9. The van der Waals surface area contributed by atoms with Crippen LogP contribution >= 0.6 is 11.8 Å².